The molecule has 0 heterocycles. The summed E-state index contributed by atoms with van der Waals surface area (Å²) in [5.74, 6) is -1.76. The molecule has 8 N–H and O–H groups in total. The second-order valence-electron chi connectivity index (χ2n) is 7.36. The molecule has 1 unspecified atom stereocenters. The Morgan fingerprint density at radius 1 is 0.966 bits per heavy atom. The molecule has 0 spiro atoms. The Morgan fingerprint density at radius 2 is 1.41 bits per heavy atom. The van der Waals surface area contributed by atoms with Crippen molar-refractivity contribution in [1.29, 1.82) is 0 Å². The number of likely N-dealkylation sites (N-methyl/N-ethyl adjacent to an activating group) is 1. The smallest absolute Gasteiger partial charge is 0.303 e. The maximum Gasteiger partial charge on any atom is 0.303 e. The molecule has 0 bridgehead atoms. The number of rotatable bonds is 7. The molecule has 0 aromatic heterocycles. The molecule has 1 aromatic carbocycles. The molecular formula is C20H35NO8. The molecule has 1 aliphatic rings. The fourth-order valence-electron chi connectivity index (χ4n) is 3.38. The van der Waals surface area contributed by atoms with Crippen LogP contribution in [0.15, 0.2) is 24.3 Å². The predicted molar refractivity (Wildman–Crippen MR) is 109 cm³/mol. The highest BCUT2D eigenvalue weighted by Gasteiger charge is 2.38. The van der Waals surface area contributed by atoms with Crippen LogP contribution in [-0.2, 0) is 9.59 Å². The van der Waals surface area contributed by atoms with Gasteiger partial charge in [0.2, 0.25) is 0 Å². The molecule has 0 aliphatic heterocycles. The highest BCUT2D eigenvalue weighted by atomic mass is 16.4. The summed E-state index contributed by atoms with van der Waals surface area (Å²) in [6.07, 6.45) is 4.62. The lowest BCUT2D eigenvalue weighted by Crippen LogP contribution is -2.42. The van der Waals surface area contributed by atoms with Crippen LogP contribution in [0, 0.1) is 0 Å². The van der Waals surface area contributed by atoms with Crippen molar-refractivity contribution in [3.63, 3.8) is 0 Å². The van der Waals surface area contributed by atoms with Crippen molar-refractivity contribution < 1.29 is 41.0 Å². The van der Waals surface area contributed by atoms with E-state index in [1.807, 2.05) is 26.2 Å². The molecule has 0 saturated heterocycles. The lowest BCUT2D eigenvalue weighted by Gasteiger charge is -2.40. The van der Waals surface area contributed by atoms with Crippen LogP contribution in [0.3, 0.4) is 0 Å². The van der Waals surface area contributed by atoms with Gasteiger partial charge in [-0.05, 0) is 44.6 Å². The quantitative estimate of drug-likeness (QED) is 0.510. The van der Waals surface area contributed by atoms with Gasteiger partial charge in [-0.25, -0.2) is 0 Å². The summed E-state index contributed by atoms with van der Waals surface area (Å²) in [6, 6.07) is 7.31. The molecule has 29 heavy (non-hydrogen) atoms. The largest absolute Gasteiger partial charge is 0.508 e. The average Bonchev–Trinajstić information content (AvgIpc) is 2.60. The number of aliphatic hydroxyl groups is 1. The van der Waals surface area contributed by atoms with Crippen molar-refractivity contribution in [3.8, 4) is 5.75 Å². The average molecular weight is 417 g/mol. The van der Waals surface area contributed by atoms with E-state index in [0.29, 0.717) is 0 Å². The molecule has 0 radical (unpaired) electrons. The summed E-state index contributed by atoms with van der Waals surface area (Å²) in [6.45, 7) is 0.835. The number of hydrogen-bond donors (Lipinski definition) is 4. The lowest BCUT2D eigenvalue weighted by atomic mass is 9.72. The lowest BCUT2D eigenvalue weighted by molar-refractivity contribution is -0.143. The SMILES string of the molecule is CN(C)CC(c1ccc(O)cc1)C1(O)CCCCC1.O.O.O=C(O)CCC(=O)O. The predicted octanol–water partition coefficient (Wildman–Crippen LogP) is 1.02. The Balaban J connectivity index is 0. The highest BCUT2D eigenvalue weighted by molar-refractivity contribution is 5.75. The van der Waals surface area contributed by atoms with Crippen LogP contribution >= 0.6 is 0 Å². The number of carboxylic acid groups (broad SMARTS) is 2. The molecule has 1 atom stereocenters. The Bertz CT molecular complexity index is 583. The number of phenolic OH excluding ortho intramolecular Hbond substituents is 1. The van der Waals surface area contributed by atoms with Gasteiger partial charge in [0.05, 0.1) is 18.4 Å². The van der Waals surface area contributed by atoms with E-state index in [9.17, 15) is 19.8 Å². The van der Waals surface area contributed by atoms with Crippen molar-refractivity contribution in [3.05, 3.63) is 29.8 Å². The maximum atomic E-state index is 11.0. The molecule has 1 aliphatic carbocycles. The van der Waals surface area contributed by atoms with Gasteiger partial charge in [0.15, 0.2) is 0 Å². The van der Waals surface area contributed by atoms with E-state index in [1.54, 1.807) is 12.1 Å². The van der Waals surface area contributed by atoms with E-state index in [2.05, 4.69) is 4.90 Å². The monoisotopic (exact) mass is 417 g/mol. The maximum absolute atomic E-state index is 11.0. The van der Waals surface area contributed by atoms with Crippen LogP contribution < -0.4 is 0 Å². The fraction of sp³-hybridized carbons (Fsp3) is 0.600. The third-order valence-electron chi connectivity index (χ3n) is 4.76. The minimum Gasteiger partial charge on any atom is -0.508 e. The molecule has 168 valence electrons. The van der Waals surface area contributed by atoms with Gasteiger partial charge in [-0.2, -0.15) is 0 Å². The van der Waals surface area contributed by atoms with E-state index in [1.165, 1.54) is 6.42 Å². The van der Waals surface area contributed by atoms with E-state index >= 15 is 0 Å². The van der Waals surface area contributed by atoms with Crippen molar-refractivity contribution in [1.82, 2.24) is 4.90 Å². The minimum atomic E-state index is -1.08. The van der Waals surface area contributed by atoms with Crippen molar-refractivity contribution in [2.75, 3.05) is 20.6 Å². The molecule has 1 aromatic rings. The second-order valence-corrected chi connectivity index (χ2v) is 7.36. The number of aromatic hydroxyl groups is 1. The van der Waals surface area contributed by atoms with E-state index in [-0.39, 0.29) is 35.5 Å². The Hall–Kier alpha value is -2.20. The van der Waals surface area contributed by atoms with Crippen LogP contribution in [0.2, 0.25) is 0 Å². The van der Waals surface area contributed by atoms with Crippen LogP contribution in [0.25, 0.3) is 0 Å². The molecule has 0 amide bonds. The van der Waals surface area contributed by atoms with Gasteiger partial charge in [0.25, 0.3) is 0 Å². The van der Waals surface area contributed by atoms with Crippen molar-refractivity contribution in [2.24, 2.45) is 0 Å². The molecule has 9 nitrogen and oxygen atoms in total. The fourth-order valence-corrected chi connectivity index (χ4v) is 3.38. The number of carbonyl (C=O) groups is 2. The van der Waals surface area contributed by atoms with Crippen molar-refractivity contribution >= 4 is 11.9 Å². The molecule has 2 rings (SSSR count). The number of hydrogen-bond acceptors (Lipinski definition) is 5. The number of aliphatic carboxylic acids is 2. The van der Waals surface area contributed by atoms with Gasteiger partial charge in [-0.15, -0.1) is 0 Å². The topological polar surface area (TPSA) is 181 Å². The first kappa shape index (κ1) is 29.0. The number of nitrogens with zero attached hydrogens (tertiary/aromatic N) is 1. The van der Waals surface area contributed by atoms with Crippen LogP contribution in [0.1, 0.15) is 56.4 Å². The van der Waals surface area contributed by atoms with Crippen LogP contribution in [0.4, 0.5) is 0 Å². The van der Waals surface area contributed by atoms with Crippen LogP contribution in [-0.4, -0.2) is 74.5 Å². The Labute approximate surface area is 171 Å². The summed E-state index contributed by atoms with van der Waals surface area (Å²) in [4.78, 5) is 21.4. The van der Waals surface area contributed by atoms with Gasteiger partial charge in [0.1, 0.15) is 5.75 Å². The van der Waals surface area contributed by atoms with Crippen LogP contribution in [0.5, 0.6) is 5.75 Å². The molecular weight excluding hydrogens is 382 g/mol. The first-order chi connectivity index (χ1) is 12.6. The summed E-state index contributed by atoms with van der Waals surface area (Å²) < 4.78 is 0. The van der Waals surface area contributed by atoms with Crippen molar-refractivity contribution in [2.45, 2.75) is 56.5 Å². The summed E-state index contributed by atoms with van der Waals surface area (Å²) in [5, 5.41) is 36.2. The first-order valence-electron chi connectivity index (χ1n) is 9.23. The zero-order valence-corrected chi connectivity index (χ0v) is 17.1. The Kier molecular flexibility index (Phi) is 13.9. The summed E-state index contributed by atoms with van der Waals surface area (Å²) in [5.41, 5.74) is 0.523. The second kappa shape index (κ2) is 13.9. The first-order valence-corrected chi connectivity index (χ1v) is 9.23. The molecule has 9 heteroatoms. The zero-order chi connectivity index (χ0) is 20.4. The minimum absolute atomic E-state index is 0. The molecule has 1 saturated carbocycles. The van der Waals surface area contributed by atoms with Gasteiger partial charge < -0.3 is 36.3 Å². The highest BCUT2D eigenvalue weighted by Crippen LogP contribution is 2.40. The number of benzene rings is 1. The summed E-state index contributed by atoms with van der Waals surface area (Å²) in [7, 11) is 4.08. The third-order valence-corrected chi connectivity index (χ3v) is 4.76. The van der Waals surface area contributed by atoms with E-state index in [0.717, 1.165) is 37.8 Å². The standard InChI is InChI=1S/C16H25NO2.C4H6O4.2H2O/c1-17(2)12-15(13-6-8-14(18)9-7-13)16(19)10-4-3-5-11-16;5-3(6)1-2-4(7)8;;/h6-9,15,18-19H,3-5,10-12H2,1-2H3;1-2H2,(H,5,6)(H,7,8);2*1H2. The molecule has 1 fully saturated rings. The number of phenols is 1. The van der Waals surface area contributed by atoms with E-state index < -0.39 is 17.5 Å². The number of carboxylic acids is 2. The van der Waals surface area contributed by atoms with E-state index in [4.69, 9.17) is 10.2 Å². The van der Waals surface area contributed by atoms with Gasteiger partial charge in [-0.1, -0.05) is 31.4 Å². The van der Waals surface area contributed by atoms with Gasteiger partial charge in [0, 0.05) is 12.5 Å². The Morgan fingerprint density at radius 3 is 1.79 bits per heavy atom. The third kappa shape index (κ3) is 10.8. The normalized spacial score (nSPS) is 15.7. The zero-order valence-electron chi connectivity index (χ0n) is 17.1. The van der Waals surface area contributed by atoms with Gasteiger partial charge >= 0.3 is 11.9 Å². The van der Waals surface area contributed by atoms with Gasteiger partial charge in [-0.3, -0.25) is 9.59 Å². The summed E-state index contributed by atoms with van der Waals surface area (Å²) >= 11 is 0.